The van der Waals surface area contributed by atoms with Crippen molar-refractivity contribution in [2.24, 2.45) is 0 Å². The lowest BCUT2D eigenvalue weighted by Gasteiger charge is -2.07. The van der Waals surface area contributed by atoms with E-state index >= 15 is 0 Å². The number of hydrogen-bond acceptors (Lipinski definition) is 7. The van der Waals surface area contributed by atoms with Crippen molar-refractivity contribution in [1.82, 2.24) is 19.9 Å². The zero-order valence-electron chi connectivity index (χ0n) is 17.0. The lowest BCUT2D eigenvalue weighted by Crippen LogP contribution is -2.04. The summed E-state index contributed by atoms with van der Waals surface area (Å²) in [7, 11) is 0. The molecule has 33 heavy (non-hydrogen) atoms. The summed E-state index contributed by atoms with van der Waals surface area (Å²) in [4.78, 5) is 28.7. The van der Waals surface area contributed by atoms with E-state index in [0.717, 1.165) is 17.7 Å². The van der Waals surface area contributed by atoms with Crippen LogP contribution >= 0.6 is 11.3 Å². The van der Waals surface area contributed by atoms with Crippen LogP contribution in [0.3, 0.4) is 0 Å². The molecule has 4 N–H and O–H groups in total. The number of nitrogen functional groups attached to an aromatic ring is 1. The first-order valence-corrected chi connectivity index (χ1v) is 10.5. The van der Waals surface area contributed by atoms with Crippen LogP contribution in [0.1, 0.15) is 22.2 Å². The number of alkyl halides is 3. The smallest absolute Gasteiger partial charge is 0.397 e. The van der Waals surface area contributed by atoms with Gasteiger partial charge < -0.3 is 16.0 Å². The van der Waals surface area contributed by atoms with E-state index in [-0.39, 0.29) is 11.3 Å². The van der Waals surface area contributed by atoms with E-state index in [9.17, 15) is 18.0 Å². The molecule has 0 aliphatic carbocycles. The van der Waals surface area contributed by atoms with E-state index in [1.54, 1.807) is 18.2 Å². The maximum atomic E-state index is 13.0. The summed E-state index contributed by atoms with van der Waals surface area (Å²) in [5.74, 6) is 0.152. The molecule has 0 bridgehead atoms. The van der Waals surface area contributed by atoms with Crippen molar-refractivity contribution in [2.75, 3.05) is 11.1 Å². The number of aromatic amines is 1. The van der Waals surface area contributed by atoms with Crippen LogP contribution < -0.4 is 11.1 Å². The molecule has 0 atom stereocenters. The molecule has 0 amide bonds. The summed E-state index contributed by atoms with van der Waals surface area (Å²) in [6, 6.07) is 10.6. The number of nitrogens with zero attached hydrogens (tertiary/aromatic N) is 3. The average Bonchev–Trinajstić information content (AvgIpc) is 3.33. The number of fused-ring (bicyclic) bond motifs is 2. The Bertz CT molecular complexity index is 1540. The van der Waals surface area contributed by atoms with Crippen LogP contribution in [0.25, 0.3) is 32.5 Å². The number of hydrogen-bond donors (Lipinski definition) is 3. The lowest BCUT2D eigenvalue weighted by molar-refractivity contribution is -0.137. The monoisotopic (exact) mass is 468 g/mol. The van der Waals surface area contributed by atoms with Crippen molar-refractivity contribution >= 4 is 55.7 Å². The molecule has 0 spiro atoms. The third-order valence-corrected chi connectivity index (χ3v) is 6.27. The van der Waals surface area contributed by atoms with Gasteiger partial charge in [-0.15, -0.1) is 11.3 Å². The molecule has 0 fully saturated rings. The van der Waals surface area contributed by atoms with Crippen LogP contribution in [0.2, 0.25) is 0 Å². The Kier molecular flexibility index (Phi) is 4.78. The number of thiophene rings is 1. The van der Waals surface area contributed by atoms with Crippen molar-refractivity contribution in [3.05, 3.63) is 59.2 Å². The first kappa shape index (κ1) is 20.9. The van der Waals surface area contributed by atoms with Crippen LogP contribution in [0.15, 0.2) is 48.8 Å². The van der Waals surface area contributed by atoms with Gasteiger partial charge in [0.15, 0.2) is 5.78 Å². The fraction of sp³-hybridized carbons (Fsp3) is 0.0909. The molecular formula is C22H15F3N6OS. The number of halogens is 3. The second kappa shape index (κ2) is 7.55. The summed E-state index contributed by atoms with van der Waals surface area (Å²) in [6.07, 6.45) is -3.03. The molecular weight excluding hydrogens is 453 g/mol. The summed E-state index contributed by atoms with van der Waals surface area (Å²) >= 11 is 1.22. The fourth-order valence-electron chi connectivity index (χ4n) is 3.56. The molecule has 0 saturated carbocycles. The number of anilines is 3. The van der Waals surface area contributed by atoms with Gasteiger partial charge in [-0.3, -0.25) is 4.79 Å². The predicted octanol–water partition coefficient (Wildman–Crippen LogP) is 5.78. The standard InChI is InChI=1S/C22H15F3N6OS/c1-10(32)19-17(26)16-18(27-9-28-20(16)33-19)11-3-2-4-13(7-11)29-21-30-14-6-5-12(22(23,24)25)8-15(14)31-21/h2-9H,26H2,1H3,(H2,29,30,31). The van der Waals surface area contributed by atoms with Crippen LogP contribution in [0.4, 0.5) is 30.5 Å². The largest absolute Gasteiger partial charge is 0.416 e. The van der Waals surface area contributed by atoms with Crippen LogP contribution in [0.5, 0.6) is 0 Å². The van der Waals surface area contributed by atoms with Gasteiger partial charge in [-0.1, -0.05) is 12.1 Å². The Labute approximate surface area is 188 Å². The third kappa shape index (κ3) is 3.76. The molecule has 2 aromatic carbocycles. The Morgan fingerprint density at radius 2 is 1.97 bits per heavy atom. The van der Waals surface area contributed by atoms with E-state index in [1.165, 1.54) is 30.7 Å². The van der Waals surface area contributed by atoms with Crippen molar-refractivity contribution in [2.45, 2.75) is 13.1 Å². The molecule has 5 aromatic rings. The fourth-order valence-corrected chi connectivity index (χ4v) is 4.52. The van der Waals surface area contributed by atoms with Gasteiger partial charge in [0.1, 0.15) is 11.2 Å². The maximum absolute atomic E-state index is 13.0. The highest BCUT2D eigenvalue weighted by atomic mass is 32.1. The van der Waals surface area contributed by atoms with Gasteiger partial charge in [-0.05, 0) is 30.3 Å². The minimum absolute atomic E-state index is 0.143. The first-order valence-electron chi connectivity index (χ1n) is 9.69. The number of benzene rings is 2. The van der Waals surface area contributed by atoms with E-state index < -0.39 is 11.7 Å². The molecule has 0 radical (unpaired) electrons. The quantitative estimate of drug-likeness (QED) is 0.288. The molecule has 0 aliphatic heterocycles. The number of aromatic nitrogens is 4. The third-order valence-electron chi connectivity index (χ3n) is 5.05. The Hall–Kier alpha value is -3.99. The predicted molar refractivity (Wildman–Crippen MR) is 122 cm³/mol. The van der Waals surface area contributed by atoms with Crippen molar-refractivity contribution in [3.63, 3.8) is 0 Å². The highest BCUT2D eigenvalue weighted by Gasteiger charge is 2.30. The van der Waals surface area contributed by atoms with E-state index in [0.29, 0.717) is 43.6 Å². The number of nitrogens with two attached hydrogens (primary N) is 1. The zero-order valence-corrected chi connectivity index (χ0v) is 17.8. The Balaban J connectivity index is 1.51. The number of rotatable bonds is 4. The minimum Gasteiger partial charge on any atom is -0.397 e. The molecule has 3 heterocycles. The van der Waals surface area contributed by atoms with Crippen LogP contribution in [0, 0.1) is 0 Å². The number of H-pyrrole nitrogens is 1. The number of carbonyl (C=O) groups excluding carboxylic acids is 1. The molecule has 0 saturated heterocycles. The Morgan fingerprint density at radius 1 is 1.15 bits per heavy atom. The first-order chi connectivity index (χ1) is 15.7. The zero-order chi connectivity index (χ0) is 23.3. The molecule has 5 rings (SSSR count). The van der Waals surface area contributed by atoms with Gasteiger partial charge in [0.2, 0.25) is 5.95 Å². The molecule has 166 valence electrons. The Morgan fingerprint density at radius 3 is 2.73 bits per heavy atom. The summed E-state index contributed by atoms with van der Waals surface area (Å²) in [5.41, 5.74) is 8.41. The molecule has 0 aliphatic rings. The second-order valence-electron chi connectivity index (χ2n) is 7.32. The second-order valence-corrected chi connectivity index (χ2v) is 8.32. The summed E-state index contributed by atoms with van der Waals surface area (Å²) < 4.78 is 38.9. The van der Waals surface area contributed by atoms with Gasteiger partial charge in [0.05, 0.1) is 38.2 Å². The highest BCUT2D eigenvalue weighted by Crippen LogP contribution is 2.38. The van der Waals surface area contributed by atoms with Gasteiger partial charge in [-0.25, -0.2) is 15.0 Å². The number of ketones is 1. The van der Waals surface area contributed by atoms with E-state index in [2.05, 4.69) is 25.3 Å². The van der Waals surface area contributed by atoms with Crippen molar-refractivity contribution < 1.29 is 18.0 Å². The molecule has 3 aromatic heterocycles. The minimum atomic E-state index is -4.44. The average molecular weight is 468 g/mol. The lowest BCUT2D eigenvalue weighted by atomic mass is 10.1. The van der Waals surface area contributed by atoms with Gasteiger partial charge in [0.25, 0.3) is 0 Å². The molecule has 11 heteroatoms. The van der Waals surface area contributed by atoms with Gasteiger partial charge in [0, 0.05) is 18.2 Å². The normalized spacial score (nSPS) is 11.9. The number of Topliss-reactive ketones (excluding diaryl/α,β-unsaturated/α-hetero) is 1. The van der Waals surface area contributed by atoms with Crippen LogP contribution in [-0.2, 0) is 6.18 Å². The van der Waals surface area contributed by atoms with Crippen LogP contribution in [-0.4, -0.2) is 25.7 Å². The van der Waals surface area contributed by atoms with E-state index in [4.69, 9.17) is 5.73 Å². The van der Waals surface area contributed by atoms with Crippen molar-refractivity contribution in [1.29, 1.82) is 0 Å². The van der Waals surface area contributed by atoms with Gasteiger partial charge in [-0.2, -0.15) is 13.2 Å². The number of carbonyl (C=O) groups is 1. The van der Waals surface area contributed by atoms with Gasteiger partial charge >= 0.3 is 6.18 Å². The molecule has 0 unspecified atom stereocenters. The molecule has 7 nitrogen and oxygen atoms in total. The number of imidazole rings is 1. The highest BCUT2D eigenvalue weighted by molar-refractivity contribution is 7.21. The van der Waals surface area contributed by atoms with Crippen molar-refractivity contribution in [3.8, 4) is 11.3 Å². The number of nitrogens with one attached hydrogen (secondary N) is 2. The van der Waals surface area contributed by atoms with E-state index in [1.807, 2.05) is 6.07 Å². The topological polar surface area (TPSA) is 110 Å². The summed E-state index contributed by atoms with van der Waals surface area (Å²) in [5, 5.41) is 3.68. The SMILES string of the molecule is CC(=O)c1sc2ncnc(-c3cccc(Nc4nc5cc(C(F)(F)F)ccc5[nH]4)c3)c2c1N. The summed E-state index contributed by atoms with van der Waals surface area (Å²) in [6.45, 7) is 1.45. The maximum Gasteiger partial charge on any atom is 0.416 e.